The number of piperazine rings is 1. The molecule has 5 nitrogen and oxygen atoms in total. The summed E-state index contributed by atoms with van der Waals surface area (Å²) in [4.78, 5) is 28.8. The van der Waals surface area contributed by atoms with E-state index < -0.39 is 0 Å². The van der Waals surface area contributed by atoms with Gasteiger partial charge in [0.05, 0.1) is 6.54 Å². The number of hydrogen-bond donors (Lipinski definition) is 2. The first kappa shape index (κ1) is 18.2. The number of hydrogen-bond acceptors (Lipinski definition) is 2. The van der Waals surface area contributed by atoms with Crippen molar-refractivity contribution in [2.45, 2.75) is 12.8 Å². The minimum absolute atomic E-state index is 0.0617. The third-order valence-corrected chi connectivity index (χ3v) is 4.98. The Morgan fingerprint density at radius 1 is 1.07 bits per heavy atom. The fraction of sp³-hybridized carbons (Fsp3) is 0.238. The SMILES string of the molecule is O=C1CN(C(=O)CCc2c(-c3ccc(F)cc3)[nH]c3ccc(F)cc23)CCN1. The maximum absolute atomic E-state index is 13.8. The van der Waals surface area contributed by atoms with Crippen molar-refractivity contribution < 1.29 is 18.4 Å². The van der Waals surface area contributed by atoms with E-state index in [2.05, 4.69) is 10.3 Å². The number of aryl methyl sites for hydroxylation is 1. The number of nitrogens with one attached hydrogen (secondary N) is 2. The zero-order valence-corrected chi connectivity index (χ0v) is 15.1. The predicted octanol–water partition coefficient (Wildman–Crippen LogP) is 3.00. The number of aromatic nitrogens is 1. The fourth-order valence-electron chi connectivity index (χ4n) is 3.58. The summed E-state index contributed by atoms with van der Waals surface area (Å²) in [5, 5.41) is 3.39. The number of carbonyl (C=O) groups is 2. The van der Waals surface area contributed by atoms with E-state index in [1.165, 1.54) is 29.2 Å². The average molecular weight is 383 g/mol. The van der Waals surface area contributed by atoms with Gasteiger partial charge in [-0.3, -0.25) is 9.59 Å². The van der Waals surface area contributed by atoms with Crippen LogP contribution < -0.4 is 5.32 Å². The molecule has 144 valence electrons. The van der Waals surface area contributed by atoms with E-state index in [0.29, 0.717) is 24.9 Å². The summed E-state index contributed by atoms with van der Waals surface area (Å²) < 4.78 is 27.1. The monoisotopic (exact) mass is 383 g/mol. The maximum Gasteiger partial charge on any atom is 0.239 e. The largest absolute Gasteiger partial charge is 0.354 e. The van der Waals surface area contributed by atoms with Crippen LogP contribution in [0.15, 0.2) is 42.5 Å². The number of amides is 2. The van der Waals surface area contributed by atoms with Gasteiger partial charge in [0.1, 0.15) is 11.6 Å². The van der Waals surface area contributed by atoms with Gasteiger partial charge >= 0.3 is 0 Å². The number of aromatic amines is 1. The zero-order valence-electron chi connectivity index (χ0n) is 15.1. The Balaban J connectivity index is 1.65. The second-order valence-corrected chi connectivity index (χ2v) is 6.84. The van der Waals surface area contributed by atoms with Gasteiger partial charge < -0.3 is 15.2 Å². The van der Waals surface area contributed by atoms with E-state index >= 15 is 0 Å². The predicted molar refractivity (Wildman–Crippen MR) is 102 cm³/mol. The van der Waals surface area contributed by atoms with E-state index in [-0.39, 0.29) is 36.4 Å². The standard InChI is InChI=1S/C21H19F2N3O2/c22-14-3-1-13(2-4-14)21-16(17-11-15(23)5-7-18(17)25-21)6-8-20(28)26-10-9-24-19(27)12-26/h1-5,7,11,25H,6,8-10,12H2,(H,24,27). The molecule has 0 atom stereocenters. The molecule has 2 heterocycles. The molecule has 2 amide bonds. The lowest BCUT2D eigenvalue weighted by Gasteiger charge is -2.26. The molecule has 3 aromatic rings. The average Bonchev–Trinajstić information content (AvgIpc) is 3.04. The van der Waals surface area contributed by atoms with Crippen LogP contribution in [0.3, 0.4) is 0 Å². The lowest BCUT2D eigenvalue weighted by atomic mass is 10.0. The molecule has 0 aliphatic carbocycles. The highest BCUT2D eigenvalue weighted by molar-refractivity contribution is 5.92. The molecule has 7 heteroatoms. The van der Waals surface area contributed by atoms with Gasteiger partial charge in [-0.1, -0.05) is 0 Å². The van der Waals surface area contributed by atoms with Crippen molar-refractivity contribution in [2.75, 3.05) is 19.6 Å². The minimum atomic E-state index is -0.363. The molecule has 1 aliphatic heterocycles. The first-order valence-corrected chi connectivity index (χ1v) is 9.12. The Morgan fingerprint density at radius 3 is 2.57 bits per heavy atom. The van der Waals surface area contributed by atoms with Crippen molar-refractivity contribution in [1.82, 2.24) is 15.2 Å². The van der Waals surface area contributed by atoms with Gasteiger partial charge in [-0.05, 0) is 60.0 Å². The van der Waals surface area contributed by atoms with Gasteiger partial charge in [0.15, 0.2) is 0 Å². The molecule has 2 N–H and O–H groups in total. The molecule has 28 heavy (non-hydrogen) atoms. The van der Waals surface area contributed by atoms with Crippen LogP contribution in [0.5, 0.6) is 0 Å². The third-order valence-electron chi connectivity index (χ3n) is 4.98. The van der Waals surface area contributed by atoms with Crippen LogP contribution in [0, 0.1) is 11.6 Å². The molecule has 1 saturated heterocycles. The van der Waals surface area contributed by atoms with Crippen LogP contribution in [0.25, 0.3) is 22.2 Å². The van der Waals surface area contributed by atoms with Crippen molar-refractivity contribution in [3.05, 3.63) is 59.7 Å². The summed E-state index contributed by atoms with van der Waals surface area (Å²) >= 11 is 0. The summed E-state index contributed by atoms with van der Waals surface area (Å²) in [5.41, 5.74) is 3.05. The minimum Gasteiger partial charge on any atom is -0.354 e. The Hall–Kier alpha value is -3.22. The lowest BCUT2D eigenvalue weighted by Crippen LogP contribution is -2.50. The quantitative estimate of drug-likeness (QED) is 0.727. The van der Waals surface area contributed by atoms with Crippen LogP contribution in [-0.2, 0) is 16.0 Å². The highest BCUT2D eigenvalue weighted by Crippen LogP contribution is 2.32. The number of carbonyl (C=O) groups excluding carboxylic acids is 2. The van der Waals surface area contributed by atoms with Crippen LogP contribution in [0.4, 0.5) is 8.78 Å². The van der Waals surface area contributed by atoms with Crippen LogP contribution in [0.1, 0.15) is 12.0 Å². The van der Waals surface area contributed by atoms with Gasteiger partial charge in [-0.15, -0.1) is 0 Å². The van der Waals surface area contributed by atoms with Crippen LogP contribution in [-0.4, -0.2) is 41.3 Å². The summed E-state index contributed by atoms with van der Waals surface area (Å²) in [6, 6.07) is 10.5. The molecule has 1 aliphatic rings. The lowest BCUT2D eigenvalue weighted by molar-refractivity contribution is -0.138. The van der Waals surface area contributed by atoms with E-state index in [9.17, 15) is 18.4 Å². The van der Waals surface area contributed by atoms with Crippen molar-refractivity contribution in [3.63, 3.8) is 0 Å². The Kier molecular flexibility index (Phi) is 4.81. The molecule has 1 aromatic heterocycles. The molecule has 0 spiro atoms. The first-order chi connectivity index (χ1) is 13.5. The van der Waals surface area contributed by atoms with Crippen molar-refractivity contribution in [2.24, 2.45) is 0 Å². The number of rotatable bonds is 4. The molecule has 2 aromatic carbocycles. The first-order valence-electron chi connectivity index (χ1n) is 9.12. The third kappa shape index (κ3) is 3.60. The fourth-order valence-corrected chi connectivity index (χ4v) is 3.58. The number of H-pyrrole nitrogens is 1. The van der Waals surface area contributed by atoms with Crippen LogP contribution >= 0.6 is 0 Å². The van der Waals surface area contributed by atoms with E-state index in [4.69, 9.17) is 0 Å². The zero-order chi connectivity index (χ0) is 19.7. The number of nitrogens with zero attached hydrogens (tertiary/aromatic N) is 1. The van der Waals surface area contributed by atoms with Crippen molar-refractivity contribution in [1.29, 1.82) is 0 Å². The number of fused-ring (bicyclic) bond motifs is 1. The molecule has 0 radical (unpaired) electrons. The molecule has 0 unspecified atom stereocenters. The van der Waals surface area contributed by atoms with E-state index in [1.54, 1.807) is 18.2 Å². The van der Waals surface area contributed by atoms with Gasteiger partial charge in [-0.2, -0.15) is 0 Å². The van der Waals surface area contributed by atoms with Crippen molar-refractivity contribution in [3.8, 4) is 11.3 Å². The molecule has 1 fully saturated rings. The number of halogens is 2. The second kappa shape index (κ2) is 7.42. The molecular weight excluding hydrogens is 364 g/mol. The van der Waals surface area contributed by atoms with Crippen LogP contribution in [0.2, 0.25) is 0 Å². The van der Waals surface area contributed by atoms with E-state index in [1.807, 2.05) is 0 Å². The Labute approximate surface area is 160 Å². The summed E-state index contributed by atoms with van der Waals surface area (Å²) in [6.45, 7) is 0.994. The molecular formula is C21H19F2N3O2. The molecule has 0 bridgehead atoms. The highest BCUT2D eigenvalue weighted by Gasteiger charge is 2.22. The normalized spacial score (nSPS) is 14.4. The topological polar surface area (TPSA) is 65.2 Å². The van der Waals surface area contributed by atoms with Gasteiger partial charge in [0, 0.05) is 36.1 Å². The second-order valence-electron chi connectivity index (χ2n) is 6.84. The summed E-state index contributed by atoms with van der Waals surface area (Å²) in [7, 11) is 0. The van der Waals surface area contributed by atoms with Gasteiger partial charge in [0.2, 0.25) is 11.8 Å². The summed E-state index contributed by atoms with van der Waals surface area (Å²) in [5.74, 6) is -0.991. The van der Waals surface area contributed by atoms with Gasteiger partial charge in [-0.25, -0.2) is 8.78 Å². The molecule has 0 saturated carbocycles. The van der Waals surface area contributed by atoms with E-state index in [0.717, 1.165) is 22.3 Å². The Morgan fingerprint density at radius 2 is 1.82 bits per heavy atom. The number of benzene rings is 2. The molecule has 4 rings (SSSR count). The smallest absolute Gasteiger partial charge is 0.239 e. The van der Waals surface area contributed by atoms with Crippen molar-refractivity contribution >= 4 is 22.7 Å². The highest BCUT2D eigenvalue weighted by atomic mass is 19.1. The maximum atomic E-state index is 13.8. The Bertz CT molecular complexity index is 1040. The summed E-state index contributed by atoms with van der Waals surface area (Å²) in [6.07, 6.45) is 0.581. The van der Waals surface area contributed by atoms with Gasteiger partial charge in [0.25, 0.3) is 0 Å².